The third kappa shape index (κ3) is 3.00. The fourth-order valence-electron chi connectivity index (χ4n) is 1.52. The second kappa shape index (κ2) is 5.60. The van der Waals surface area contributed by atoms with Gasteiger partial charge in [-0.1, -0.05) is 6.08 Å². The van der Waals surface area contributed by atoms with Gasteiger partial charge in [0.1, 0.15) is 0 Å². The zero-order valence-electron chi connectivity index (χ0n) is 9.03. The highest BCUT2D eigenvalue weighted by Gasteiger charge is 2.10. The molecule has 1 atom stereocenters. The lowest BCUT2D eigenvalue weighted by atomic mass is 10.1. The summed E-state index contributed by atoms with van der Waals surface area (Å²) in [7, 11) is 3.97. The van der Waals surface area contributed by atoms with Gasteiger partial charge >= 0.3 is 0 Å². The van der Waals surface area contributed by atoms with E-state index in [2.05, 4.69) is 23.1 Å². The van der Waals surface area contributed by atoms with Gasteiger partial charge in [0, 0.05) is 13.2 Å². The number of unbranched alkanes of at least 4 members (excludes halogenated alkanes) is 1. The lowest BCUT2D eigenvalue weighted by Gasteiger charge is -2.12. The van der Waals surface area contributed by atoms with E-state index in [0.29, 0.717) is 6.04 Å². The minimum absolute atomic E-state index is 0.371. The standard InChI is InChI=1S/C11H19N3/c1-4-5-6-7-10(12-2)11-8-14(3)9-13-11/h4,8-10,12H,1,5-7H2,2-3H3. The Morgan fingerprint density at radius 2 is 2.50 bits per heavy atom. The number of imidazole rings is 1. The Morgan fingerprint density at radius 1 is 1.71 bits per heavy atom. The molecule has 0 aromatic carbocycles. The maximum Gasteiger partial charge on any atom is 0.0947 e. The molecule has 78 valence electrons. The lowest BCUT2D eigenvalue weighted by molar-refractivity contribution is 0.519. The van der Waals surface area contributed by atoms with Gasteiger partial charge in [-0.25, -0.2) is 4.98 Å². The van der Waals surface area contributed by atoms with Crippen LogP contribution in [-0.2, 0) is 7.05 Å². The summed E-state index contributed by atoms with van der Waals surface area (Å²) in [6.45, 7) is 3.72. The zero-order chi connectivity index (χ0) is 10.4. The van der Waals surface area contributed by atoms with Gasteiger partial charge in [0.05, 0.1) is 18.1 Å². The molecule has 0 bridgehead atoms. The van der Waals surface area contributed by atoms with E-state index in [-0.39, 0.29) is 0 Å². The molecule has 1 rings (SSSR count). The second-order valence-corrected chi connectivity index (χ2v) is 3.52. The van der Waals surface area contributed by atoms with Gasteiger partial charge in [-0.3, -0.25) is 0 Å². The van der Waals surface area contributed by atoms with Crippen LogP contribution in [-0.4, -0.2) is 16.6 Å². The zero-order valence-corrected chi connectivity index (χ0v) is 9.03. The van der Waals surface area contributed by atoms with Crippen LogP contribution in [0.15, 0.2) is 25.2 Å². The fourth-order valence-corrected chi connectivity index (χ4v) is 1.52. The Morgan fingerprint density at radius 3 is 3.00 bits per heavy atom. The molecule has 1 unspecified atom stereocenters. The fraction of sp³-hybridized carbons (Fsp3) is 0.545. The molecular weight excluding hydrogens is 174 g/mol. The van der Waals surface area contributed by atoms with Gasteiger partial charge in [-0.05, 0) is 26.3 Å². The van der Waals surface area contributed by atoms with E-state index in [1.165, 1.54) is 0 Å². The van der Waals surface area contributed by atoms with Crippen molar-refractivity contribution in [3.8, 4) is 0 Å². The number of aryl methyl sites for hydroxylation is 1. The van der Waals surface area contributed by atoms with E-state index in [1.54, 1.807) is 0 Å². The molecule has 3 heteroatoms. The van der Waals surface area contributed by atoms with Crippen LogP contribution in [0.3, 0.4) is 0 Å². The summed E-state index contributed by atoms with van der Waals surface area (Å²) in [5, 5.41) is 3.28. The van der Waals surface area contributed by atoms with Gasteiger partial charge < -0.3 is 9.88 Å². The number of hydrogen-bond donors (Lipinski definition) is 1. The SMILES string of the molecule is C=CCCCC(NC)c1cn(C)cn1. The van der Waals surface area contributed by atoms with Gasteiger partial charge in [0.25, 0.3) is 0 Å². The number of nitrogens with one attached hydrogen (secondary N) is 1. The predicted molar refractivity (Wildman–Crippen MR) is 59.1 cm³/mol. The number of aromatic nitrogens is 2. The van der Waals surface area contributed by atoms with Crippen LogP contribution in [0, 0.1) is 0 Å². The van der Waals surface area contributed by atoms with Crippen LogP contribution in [0.4, 0.5) is 0 Å². The maximum absolute atomic E-state index is 4.34. The molecule has 0 aliphatic heterocycles. The lowest BCUT2D eigenvalue weighted by Crippen LogP contribution is -2.16. The minimum atomic E-state index is 0.371. The van der Waals surface area contributed by atoms with E-state index in [0.717, 1.165) is 25.0 Å². The van der Waals surface area contributed by atoms with Crippen molar-refractivity contribution in [3.05, 3.63) is 30.9 Å². The summed E-state index contributed by atoms with van der Waals surface area (Å²) in [4.78, 5) is 4.34. The van der Waals surface area contributed by atoms with Crippen LogP contribution in [0.5, 0.6) is 0 Å². The van der Waals surface area contributed by atoms with Crippen molar-refractivity contribution in [2.45, 2.75) is 25.3 Å². The molecule has 0 radical (unpaired) electrons. The molecule has 0 aliphatic carbocycles. The van der Waals surface area contributed by atoms with Gasteiger partial charge in [-0.15, -0.1) is 6.58 Å². The largest absolute Gasteiger partial charge is 0.340 e. The number of allylic oxidation sites excluding steroid dienone is 1. The molecule has 0 amide bonds. The minimum Gasteiger partial charge on any atom is -0.340 e. The molecule has 3 nitrogen and oxygen atoms in total. The summed E-state index contributed by atoms with van der Waals surface area (Å²) >= 11 is 0. The van der Waals surface area contributed by atoms with Crippen LogP contribution >= 0.6 is 0 Å². The summed E-state index contributed by atoms with van der Waals surface area (Å²) in [6, 6.07) is 0.371. The van der Waals surface area contributed by atoms with Crippen molar-refractivity contribution in [3.63, 3.8) is 0 Å². The third-order valence-corrected chi connectivity index (χ3v) is 2.33. The monoisotopic (exact) mass is 193 g/mol. The Balaban J connectivity index is 2.49. The quantitative estimate of drug-likeness (QED) is 0.553. The van der Waals surface area contributed by atoms with Crippen molar-refractivity contribution < 1.29 is 0 Å². The molecule has 0 saturated carbocycles. The van der Waals surface area contributed by atoms with Crippen molar-refractivity contribution in [1.82, 2.24) is 14.9 Å². The van der Waals surface area contributed by atoms with E-state index >= 15 is 0 Å². The highest BCUT2D eigenvalue weighted by molar-refractivity contribution is 5.03. The Hall–Kier alpha value is -1.09. The first-order chi connectivity index (χ1) is 6.77. The highest BCUT2D eigenvalue weighted by Crippen LogP contribution is 2.16. The normalized spacial score (nSPS) is 12.7. The molecule has 1 aromatic heterocycles. The number of rotatable bonds is 6. The average Bonchev–Trinajstić information content (AvgIpc) is 2.60. The van der Waals surface area contributed by atoms with Crippen LogP contribution < -0.4 is 5.32 Å². The summed E-state index contributed by atoms with van der Waals surface area (Å²) < 4.78 is 1.98. The summed E-state index contributed by atoms with van der Waals surface area (Å²) in [5.41, 5.74) is 1.12. The van der Waals surface area contributed by atoms with Gasteiger partial charge in [0.2, 0.25) is 0 Å². The van der Waals surface area contributed by atoms with Crippen molar-refractivity contribution in [2.24, 2.45) is 7.05 Å². The maximum atomic E-state index is 4.34. The topological polar surface area (TPSA) is 29.9 Å². The molecule has 0 aliphatic rings. The summed E-state index contributed by atoms with van der Waals surface area (Å²) in [5.74, 6) is 0. The molecule has 1 N–H and O–H groups in total. The molecule has 0 fully saturated rings. The Kier molecular flexibility index (Phi) is 4.40. The first kappa shape index (κ1) is 11.0. The van der Waals surface area contributed by atoms with Crippen LogP contribution in [0.25, 0.3) is 0 Å². The smallest absolute Gasteiger partial charge is 0.0947 e. The second-order valence-electron chi connectivity index (χ2n) is 3.52. The van der Waals surface area contributed by atoms with Crippen molar-refractivity contribution in [1.29, 1.82) is 0 Å². The Labute approximate surface area is 85.8 Å². The van der Waals surface area contributed by atoms with E-state index in [1.807, 2.05) is 31.1 Å². The predicted octanol–water partition coefficient (Wildman–Crippen LogP) is 2.04. The first-order valence-corrected chi connectivity index (χ1v) is 5.04. The van der Waals surface area contributed by atoms with Crippen LogP contribution in [0.2, 0.25) is 0 Å². The highest BCUT2D eigenvalue weighted by atomic mass is 15.0. The number of nitrogens with zero attached hydrogens (tertiary/aromatic N) is 2. The molecule has 14 heavy (non-hydrogen) atoms. The molecular formula is C11H19N3. The molecule has 1 aromatic rings. The molecule has 1 heterocycles. The van der Waals surface area contributed by atoms with E-state index < -0.39 is 0 Å². The molecule has 0 spiro atoms. The van der Waals surface area contributed by atoms with Crippen LogP contribution in [0.1, 0.15) is 31.0 Å². The average molecular weight is 193 g/mol. The number of hydrogen-bond acceptors (Lipinski definition) is 2. The van der Waals surface area contributed by atoms with E-state index in [9.17, 15) is 0 Å². The molecule has 0 saturated heterocycles. The first-order valence-electron chi connectivity index (χ1n) is 5.04. The van der Waals surface area contributed by atoms with Crippen molar-refractivity contribution in [2.75, 3.05) is 7.05 Å². The van der Waals surface area contributed by atoms with Gasteiger partial charge in [0.15, 0.2) is 0 Å². The van der Waals surface area contributed by atoms with Gasteiger partial charge in [-0.2, -0.15) is 0 Å². The van der Waals surface area contributed by atoms with Crippen molar-refractivity contribution >= 4 is 0 Å². The third-order valence-electron chi connectivity index (χ3n) is 2.33. The summed E-state index contributed by atoms with van der Waals surface area (Å²) in [6.07, 6.45) is 9.21. The van der Waals surface area contributed by atoms with E-state index in [4.69, 9.17) is 0 Å². The Bertz CT molecular complexity index is 278.